The molecule has 2 aliphatic rings. The van der Waals surface area contributed by atoms with Crippen molar-refractivity contribution in [2.24, 2.45) is 17.6 Å². The van der Waals surface area contributed by atoms with Gasteiger partial charge in [0, 0.05) is 49.9 Å². The molecule has 2 atom stereocenters. The predicted octanol–water partition coefficient (Wildman–Crippen LogP) is 1.54. The molecule has 0 radical (unpaired) electrons. The average Bonchev–Trinajstić information content (AvgIpc) is 3.31. The quantitative estimate of drug-likeness (QED) is 0.780. The van der Waals surface area contributed by atoms with Gasteiger partial charge in [-0.25, -0.2) is 9.97 Å². The molecule has 148 valence electrons. The number of primary amides is 1. The monoisotopic (exact) mass is 382 g/mol. The Balaban J connectivity index is 1.44. The number of carbonyl (C=O) groups excluding carboxylic acids is 2. The van der Waals surface area contributed by atoms with Crippen molar-refractivity contribution in [1.29, 1.82) is 0 Å². The van der Waals surface area contributed by atoms with Crippen molar-refractivity contribution in [2.75, 3.05) is 31.1 Å². The van der Waals surface area contributed by atoms with Gasteiger partial charge >= 0.3 is 0 Å². The molecule has 0 unspecified atom stereocenters. The smallest absolute Gasteiger partial charge is 0.241 e. The summed E-state index contributed by atoms with van der Waals surface area (Å²) in [5.41, 5.74) is 7.31. The number of nitrogens with two attached hydrogens (primary N) is 1. The number of amides is 2. The number of carbonyl (C=O) groups is 2. The highest BCUT2D eigenvalue weighted by Crippen LogP contribution is 2.32. The van der Waals surface area contributed by atoms with Crippen LogP contribution >= 0.6 is 0 Å². The zero-order valence-electron chi connectivity index (χ0n) is 16.1. The lowest BCUT2D eigenvalue weighted by Crippen LogP contribution is -2.50. The maximum atomic E-state index is 12.7. The Labute approximate surface area is 163 Å². The van der Waals surface area contributed by atoms with E-state index in [9.17, 15) is 9.59 Å². The molecule has 1 aliphatic carbocycles. The summed E-state index contributed by atoms with van der Waals surface area (Å²) in [4.78, 5) is 40.1. The number of fused-ring (bicyclic) bond motifs is 1. The van der Waals surface area contributed by atoms with Gasteiger partial charge in [0.15, 0.2) is 5.65 Å². The molecule has 1 aliphatic heterocycles. The molecule has 8 nitrogen and oxygen atoms in total. The highest BCUT2D eigenvalue weighted by atomic mass is 16.2. The van der Waals surface area contributed by atoms with Gasteiger partial charge in [0.1, 0.15) is 11.3 Å². The van der Waals surface area contributed by atoms with E-state index in [1.54, 1.807) is 18.5 Å². The van der Waals surface area contributed by atoms with E-state index in [-0.39, 0.29) is 5.92 Å². The maximum Gasteiger partial charge on any atom is 0.241 e. The normalized spacial score (nSPS) is 23.0. The summed E-state index contributed by atoms with van der Waals surface area (Å²) in [5, 5.41) is 0. The predicted molar refractivity (Wildman–Crippen MR) is 107 cm³/mol. The molecule has 0 spiro atoms. The van der Waals surface area contributed by atoms with Gasteiger partial charge in [-0.1, -0.05) is 6.92 Å². The van der Waals surface area contributed by atoms with E-state index in [2.05, 4.69) is 21.8 Å². The first-order valence-corrected chi connectivity index (χ1v) is 9.86. The molecule has 1 saturated heterocycles. The fourth-order valence-electron chi connectivity index (χ4n) is 4.20. The first-order valence-electron chi connectivity index (χ1n) is 9.86. The third-order valence-electron chi connectivity index (χ3n) is 5.78. The first-order chi connectivity index (χ1) is 13.5. The van der Waals surface area contributed by atoms with E-state index in [1.165, 1.54) is 6.08 Å². The lowest BCUT2D eigenvalue weighted by Gasteiger charge is -2.36. The summed E-state index contributed by atoms with van der Waals surface area (Å²) >= 11 is 0. The summed E-state index contributed by atoms with van der Waals surface area (Å²) in [6, 6.07) is 0. The molecule has 2 amide bonds. The highest BCUT2D eigenvalue weighted by Gasteiger charge is 2.32. The van der Waals surface area contributed by atoms with Crippen molar-refractivity contribution in [2.45, 2.75) is 26.2 Å². The molecule has 28 heavy (non-hydrogen) atoms. The van der Waals surface area contributed by atoms with E-state index in [4.69, 9.17) is 10.7 Å². The fraction of sp³-hybridized carbons (Fsp3) is 0.500. The Hall–Kier alpha value is -2.90. The zero-order valence-corrected chi connectivity index (χ0v) is 16.1. The number of piperazine rings is 1. The third kappa shape index (κ3) is 3.72. The van der Waals surface area contributed by atoms with Crippen molar-refractivity contribution in [3.05, 3.63) is 24.0 Å². The summed E-state index contributed by atoms with van der Waals surface area (Å²) in [7, 11) is 0. The molecule has 2 fully saturated rings. The van der Waals surface area contributed by atoms with E-state index >= 15 is 0 Å². The van der Waals surface area contributed by atoms with Crippen LogP contribution in [0.4, 0.5) is 5.82 Å². The van der Waals surface area contributed by atoms with Crippen molar-refractivity contribution in [1.82, 2.24) is 19.9 Å². The Morgan fingerprint density at radius 1 is 1.25 bits per heavy atom. The Kier molecular flexibility index (Phi) is 5.02. The molecular formula is C20H26N6O2. The summed E-state index contributed by atoms with van der Waals surface area (Å²) < 4.78 is 0. The van der Waals surface area contributed by atoms with Crippen LogP contribution in [0.25, 0.3) is 17.2 Å². The van der Waals surface area contributed by atoms with Crippen molar-refractivity contribution in [3.8, 4) is 0 Å². The lowest BCUT2D eigenvalue weighted by atomic mass is 10.0. The maximum absolute atomic E-state index is 12.7. The summed E-state index contributed by atoms with van der Waals surface area (Å²) in [6.07, 6.45) is 9.66. The van der Waals surface area contributed by atoms with Crippen LogP contribution in [0.15, 0.2) is 18.5 Å². The van der Waals surface area contributed by atoms with E-state index < -0.39 is 5.91 Å². The van der Waals surface area contributed by atoms with Gasteiger partial charge < -0.3 is 20.5 Å². The van der Waals surface area contributed by atoms with Crippen LogP contribution in [0.1, 0.15) is 31.7 Å². The minimum Gasteiger partial charge on any atom is -0.366 e. The molecule has 8 heteroatoms. The van der Waals surface area contributed by atoms with Crippen LogP contribution < -0.4 is 10.6 Å². The lowest BCUT2D eigenvalue weighted by molar-refractivity contribution is -0.135. The molecule has 0 aromatic carbocycles. The second-order valence-corrected chi connectivity index (χ2v) is 7.83. The second kappa shape index (κ2) is 7.61. The van der Waals surface area contributed by atoms with Crippen LogP contribution in [-0.4, -0.2) is 57.8 Å². The molecule has 1 saturated carbocycles. The SMILES string of the molecule is C[C@H]1CC[C@@H](C(=O)N2CCN(c3cnc4[nH]cc(/C=C/C(N)=O)c4n3)CC2)C1. The molecular weight excluding hydrogens is 356 g/mol. The largest absolute Gasteiger partial charge is 0.366 e. The van der Waals surface area contributed by atoms with Gasteiger partial charge in [-0.2, -0.15) is 0 Å². The number of nitrogens with zero attached hydrogens (tertiary/aromatic N) is 4. The number of rotatable bonds is 4. The first kappa shape index (κ1) is 18.5. The van der Waals surface area contributed by atoms with E-state index in [0.29, 0.717) is 36.1 Å². The fourth-order valence-corrected chi connectivity index (χ4v) is 4.20. The van der Waals surface area contributed by atoms with Crippen LogP contribution in [0, 0.1) is 11.8 Å². The van der Waals surface area contributed by atoms with Gasteiger partial charge in [0.25, 0.3) is 0 Å². The number of hydrogen-bond acceptors (Lipinski definition) is 5. The zero-order chi connectivity index (χ0) is 19.7. The van der Waals surface area contributed by atoms with Crippen LogP contribution in [0.2, 0.25) is 0 Å². The second-order valence-electron chi connectivity index (χ2n) is 7.83. The minimum atomic E-state index is -0.504. The number of aromatic nitrogens is 3. The number of hydrogen-bond donors (Lipinski definition) is 2. The number of H-pyrrole nitrogens is 1. The van der Waals surface area contributed by atoms with Crippen molar-refractivity contribution in [3.63, 3.8) is 0 Å². The number of nitrogens with one attached hydrogen (secondary N) is 1. The van der Waals surface area contributed by atoms with E-state index in [0.717, 1.165) is 43.7 Å². The van der Waals surface area contributed by atoms with E-state index in [1.807, 2.05) is 4.90 Å². The highest BCUT2D eigenvalue weighted by molar-refractivity contribution is 5.93. The van der Waals surface area contributed by atoms with Crippen molar-refractivity contribution < 1.29 is 9.59 Å². The van der Waals surface area contributed by atoms with Crippen molar-refractivity contribution >= 4 is 34.9 Å². The molecule has 2 aromatic rings. The number of anilines is 1. The standard InChI is InChI=1S/C20H26N6O2/c1-13-2-3-14(10-13)20(28)26-8-6-25(7-9-26)17-12-23-19-18(24-17)15(11-22-19)4-5-16(21)27/h4-5,11-14H,2-3,6-10H2,1H3,(H2,21,27)(H,22,23)/b5-4+/t13-,14+/m0/s1. The van der Waals surface area contributed by atoms with Gasteiger partial charge in [0.2, 0.25) is 11.8 Å². The summed E-state index contributed by atoms with van der Waals surface area (Å²) in [6.45, 7) is 5.14. The van der Waals surface area contributed by atoms with Gasteiger partial charge in [-0.15, -0.1) is 0 Å². The molecule has 3 heterocycles. The number of aromatic amines is 1. The third-order valence-corrected chi connectivity index (χ3v) is 5.78. The molecule has 2 aromatic heterocycles. The Morgan fingerprint density at radius 3 is 2.71 bits per heavy atom. The van der Waals surface area contributed by atoms with Gasteiger partial charge in [-0.05, 0) is 31.3 Å². The molecule has 0 bridgehead atoms. The average molecular weight is 382 g/mol. The van der Waals surface area contributed by atoms with Crippen LogP contribution in [0.3, 0.4) is 0 Å². The summed E-state index contributed by atoms with van der Waals surface area (Å²) in [5.74, 6) is 1.46. The minimum absolute atomic E-state index is 0.206. The Morgan fingerprint density at radius 2 is 2.04 bits per heavy atom. The van der Waals surface area contributed by atoms with Gasteiger partial charge in [0.05, 0.1) is 6.20 Å². The Bertz CT molecular complexity index is 913. The van der Waals surface area contributed by atoms with Gasteiger partial charge in [-0.3, -0.25) is 9.59 Å². The molecule has 4 rings (SSSR count). The van der Waals surface area contributed by atoms with Crippen LogP contribution in [-0.2, 0) is 9.59 Å². The topological polar surface area (TPSA) is 108 Å². The van der Waals surface area contributed by atoms with Crippen LogP contribution in [0.5, 0.6) is 0 Å². The molecule has 3 N–H and O–H groups in total.